The van der Waals surface area contributed by atoms with Crippen molar-refractivity contribution in [2.45, 2.75) is 94.7 Å². The average molecular weight is 517 g/mol. The van der Waals surface area contributed by atoms with Crippen LogP contribution >= 0.6 is 0 Å². The molecule has 7 rings (SSSR count). The minimum atomic E-state index is -0.929. The number of fused-ring (bicyclic) bond motifs is 3. The largest absolute Gasteiger partial charge is 0.507 e. The van der Waals surface area contributed by atoms with Crippen LogP contribution in [-0.4, -0.2) is 61.2 Å². The highest BCUT2D eigenvalue weighted by Gasteiger charge is 2.48. The van der Waals surface area contributed by atoms with Crippen LogP contribution < -0.4 is 15.0 Å². The van der Waals surface area contributed by atoms with E-state index in [-0.39, 0.29) is 23.4 Å². The van der Waals surface area contributed by atoms with E-state index >= 15 is 4.39 Å². The van der Waals surface area contributed by atoms with Crippen LogP contribution in [0.15, 0.2) is 36.7 Å². The third-order valence-electron chi connectivity index (χ3n) is 8.52. The summed E-state index contributed by atoms with van der Waals surface area (Å²) in [5.41, 5.74) is 2.94. The van der Waals surface area contributed by atoms with Crippen molar-refractivity contribution in [3.63, 3.8) is 0 Å². The molecule has 4 atom stereocenters. The summed E-state index contributed by atoms with van der Waals surface area (Å²) < 4.78 is 21.5. The number of aromatic nitrogens is 4. The Bertz CT molecular complexity index is 1360. The number of anilines is 1. The van der Waals surface area contributed by atoms with Crippen LogP contribution in [0.5, 0.6) is 11.5 Å². The number of phenolic OH excluding ortho intramolecular Hbond substituents is 1. The lowest BCUT2D eigenvalue weighted by Gasteiger charge is -2.40. The summed E-state index contributed by atoms with van der Waals surface area (Å²) >= 11 is 0. The summed E-state index contributed by atoms with van der Waals surface area (Å²) in [6.45, 7) is 4.16. The molecular weight excluding hydrogens is 483 g/mol. The Morgan fingerprint density at radius 3 is 2.68 bits per heavy atom. The molecule has 2 saturated heterocycles. The van der Waals surface area contributed by atoms with Gasteiger partial charge in [-0.3, -0.25) is 4.98 Å². The van der Waals surface area contributed by atoms with E-state index in [1.807, 2.05) is 18.3 Å². The number of hydrogen-bond donors (Lipinski definition) is 2. The van der Waals surface area contributed by atoms with Gasteiger partial charge < -0.3 is 20.1 Å². The molecule has 198 valence electrons. The van der Waals surface area contributed by atoms with Crippen molar-refractivity contribution >= 4 is 5.82 Å². The number of aromatic hydroxyl groups is 1. The van der Waals surface area contributed by atoms with Gasteiger partial charge in [-0.05, 0) is 82.6 Å². The van der Waals surface area contributed by atoms with E-state index in [4.69, 9.17) is 4.74 Å². The number of aryl methyl sites for hydroxylation is 1. The Balaban J connectivity index is 1.13. The molecule has 4 aliphatic rings. The van der Waals surface area contributed by atoms with Gasteiger partial charge in [0, 0.05) is 29.9 Å². The molecule has 38 heavy (non-hydrogen) atoms. The van der Waals surface area contributed by atoms with Crippen LogP contribution in [0.3, 0.4) is 0 Å². The maximum atomic E-state index is 15.4. The topological polar surface area (TPSA) is 96.3 Å². The molecule has 5 heterocycles. The number of phenols is 1. The van der Waals surface area contributed by atoms with Gasteiger partial charge in [-0.2, -0.15) is 0 Å². The molecule has 0 unspecified atom stereocenters. The molecule has 2 bridgehead atoms. The van der Waals surface area contributed by atoms with Crippen LogP contribution in [-0.2, 0) is 6.42 Å². The SMILES string of the molecule is CC1(C)CCc2ncc(-c3ccc(-c4ncc(N(C5CC5)[C@H]5C[C@@H]6CC[C@@H](N6)[C@H]5F)nn4)c(O)c3)cc2O1. The third-order valence-corrected chi connectivity index (χ3v) is 8.52. The second-order valence-electron chi connectivity index (χ2n) is 11.8. The fourth-order valence-electron chi connectivity index (χ4n) is 6.31. The monoisotopic (exact) mass is 516 g/mol. The van der Waals surface area contributed by atoms with Gasteiger partial charge in [-0.15, -0.1) is 10.2 Å². The molecule has 3 aromatic rings. The molecule has 0 amide bonds. The van der Waals surface area contributed by atoms with Gasteiger partial charge in [0.05, 0.1) is 23.5 Å². The zero-order chi connectivity index (χ0) is 26.0. The molecule has 1 aliphatic carbocycles. The van der Waals surface area contributed by atoms with Crippen LogP contribution in [0.2, 0.25) is 0 Å². The summed E-state index contributed by atoms with van der Waals surface area (Å²) in [4.78, 5) is 11.3. The van der Waals surface area contributed by atoms with Crippen molar-refractivity contribution in [1.82, 2.24) is 25.5 Å². The first kappa shape index (κ1) is 23.8. The number of benzene rings is 1. The van der Waals surface area contributed by atoms with E-state index in [1.165, 1.54) is 0 Å². The van der Waals surface area contributed by atoms with Crippen molar-refractivity contribution in [2.75, 3.05) is 4.90 Å². The molecule has 0 spiro atoms. The second-order valence-corrected chi connectivity index (χ2v) is 11.8. The minimum absolute atomic E-state index is 0.0637. The van der Waals surface area contributed by atoms with Gasteiger partial charge in [0.2, 0.25) is 0 Å². The van der Waals surface area contributed by atoms with Crippen molar-refractivity contribution in [3.8, 4) is 34.0 Å². The van der Waals surface area contributed by atoms with Crippen molar-refractivity contribution in [3.05, 3.63) is 42.4 Å². The molecule has 9 heteroatoms. The number of ether oxygens (including phenoxy) is 1. The molecule has 2 aromatic heterocycles. The predicted molar refractivity (Wildman–Crippen MR) is 142 cm³/mol. The molecule has 2 N–H and O–H groups in total. The number of nitrogens with one attached hydrogen (secondary N) is 1. The zero-order valence-electron chi connectivity index (χ0n) is 21.8. The lowest BCUT2D eigenvalue weighted by atomic mass is 9.96. The standard InChI is InChI=1S/C29H33FN6O2/c1-29(2)10-9-21-25(38-29)12-17(14-31-21)16-3-7-20(24(37)11-16)28-32-15-26(34-35-28)36(19-5-6-19)23-13-18-4-8-22(33-18)27(23)30/h3,7,11-12,14-15,18-19,22-23,27,33,37H,4-6,8-10,13H2,1-2H3/t18-,22+,23-,27+/m0/s1. The quantitative estimate of drug-likeness (QED) is 0.508. The first-order valence-electron chi connectivity index (χ1n) is 13.7. The summed E-state index contributed by atoms with van der Waals surface area (Å²) in [7, 11) is 0. The Labute approximate surface area is 221 Å². The molecule has 8 nitrogen and oxygen atoms in total. The van der Waals surface area contributed by atoms with Gasteiger partial charge in [0.1, 0.15) is 23.3 Å². The van der Waals surface area contributed by atoms with E-state index < -0.39 is 6.17 Å². The van der Waals surface area contributed by atoms with Crippen LogP contribution in [0.4, 0.5) is 10.2 Å². The average Bonchev–Trinajstić information content (AvgIpc) is 3.66. The van der Waals surface area contributed by atoms with Gasteiger partial charge in [-0.25, -0.2) is 9.37 Å². The number of piperidine rings is 1. The number of halogens is 1. The lowest BCUT2D eigenvalue weighted by Crippen LogP contribution is -2.57. The highest BCUT2D eigenvalue weighted by molar-refractivity contribution is 5.73. The number of pyridine rings is 1. The first-order valence-corrected chi connectivity index (χ1v) is 13.7. The Morgan fingerprint density at radius 1 is 1.05 bits per heavy atom. The maximum Gasteiger partial charge on any atom is 0.185 e. The fraction of sp³-hybridized carbons (Fsp3) is 0.517. The van der Waals surface area contributed by atoms with Crippen molar-refractivity contribution in [1.29, 1.82) is 0 Å². The predicted octanol–water partition coefficient (Wildman–Crippen LogP) is 4.61. The third kappa shape index (κ3) is 4.26. The Kier molecular flexibility index (Phi) is 5.54. The number of hydrogen-bond acceptors (Lipinski definition) is 8. The fourth-order valence-corrected chi connectivity index (χ4v) is 6.31. The minimum Gasteiger partial charge on any atom is -0.507 e. The van der Waals surface area contributed by atoms with Gasteiger partial charge >= 0.3 is 0 Å². The molecule has 0 radical (unpaired) electrons. The summed E-state index contributed by atoms with van der Waals surface area (Å²) in [6.07, 6.45) is 9.17. The van der Waals surface area contributed by atoms with Gasteiger partial charge in [0.15, 0.2) is 11.6 Å². The zero-order valence-corrected chi connectivity index (χ0v) is 21.8. The molecule has 3 fully saturated rings. The van der Waals surface area contributed by atoms with E-state index in [0.717, 1.165) is 67.5 Å². The van der Waals surface area contributed by atoms with E-state index in [1.54, 1.807) is 18.3 Å². The van der Waals surface area contributed by atoms with Crippen molar-refractivity contribution in [2.24, 2.45) is 0 Å². The molecular formula is C29H33FN6O2. The van der Waals surface area contributed by atoms with Crippen LogP contribution in [0.1, 0.15) is 58.1 Å². The number of rotatable bonds is 5. The normalized spacial score (nSPS) is 27.4. The smallest absolute Gasteiger partial charge is 0.185 e. The molecule has 1 saturated carbocycles. The summed E-state index contributed by atoms with van der Waals surface area (Å²) in [6, 6.07) is 7.80. The van der Waals surface area contributed by atoms with Gasteiger partial charge in [0.25, 0.3) is 0 Å². The van der Waals surface area contributed by atoms with Crippen LogP contribution in [0.25, 0.3) is 22.5 Å². The number of alkyl halides is 1. The van der Waals surface area contributed by atoms with Crippen LogP contribution in [0, 0.1) is 0 Å². The lowest BCUT2D eigenvalue weighted by molar-refractivity contribution is 0.0831. The maximum absolute atomic E-state index is 15.4. The Hall–Kier alpha value is -3.33. The number of nitrogens with zero attached hydrogens (tertiary/aromatic N) is 5. The Morgan fingerprint density at radius 2 is 1.92 bits per heavy atom. The highest BCUT2D eigenvalue weighted by atomic mass is 19.1. The van der Waals surface area contributed by atoms with Crippen molar-refractivity contribution < 1.29 is 14.2 Å². The highest BCUT2D eigenvalue weighted by Crippen LogP contribution is 2.40. The molecule has 3 aliphatic heterocycles. The van der Waals surface area contributed by atoms with E-state index in [0.29, 0.717) is 29.3 Å². The van der Waals surface area contributed by atoms with E-state index in [9.17, 15) is 5.11 Å². The first-order chi connectivity index (χ1) is 18.3. The van der Waals surface area contributed by atoms with E-state index in [2.05, 4.69) is 44.2 Å². The molecule has 1 aromatic carbocycles. The summed E-state index contributed by atoms with van der Waals surface area (Å²) in [5.74, 6) is 1.81. The van der Waals surface area contributed by atoms with Gasteiger partial charge in [-0.1, -0.05) is 6.07 Å². The second kappa shape index (κ2) is 8.86. The summed E-state index contributed by atoms with van der Waals surface area (Å²) in [5, 5.41) is 23.1.